The highest BCUT2D eigenvalue weighted by Gasteiger charge is 2.33. The predicted molar refractivity (Wildman–Crippen MR) is 64.4 cm³/mol. The third-order valence-corrected chi connectivity index (χ3v) is 2.77. The minimum Gasteiger partial charge on any atom is -0.478 e. The van der Waals surface area contributed by atoms with Gasteiger partial charge in [-0.2, -0.15) is 13.2 Å². The first-order chi connectivity index (χ1) is 8.21. The van der Waals surface area contributed by atoms with Gasteiger partial charge in [0, 0.05) is 22.3 Å². The van der Waals surface area contributed by atoms with Crippen LogP contribution in [0.15, 0.2) is 34.8 Å². The molecule has 0 atom stereocenters. The Morgan fingerprint density at radius 2 is 2.06 bits per heavy atom. The number of carboxylic acid groups (broad SMARTS) is 1. The summed E-state index contributed by atoms with van der Waals surface area (Å²) in [6.07, 6.45) is -4.47. The van der Waals surface area contributed by atoms with Crippen molar-refractivity contribution in [3.05, 3.63) is 40.4 Å². The molecular weight excluding hydrogens is 315 g/mol. The average Bonchev–Trinajstić information content (AvgIpc) is 2.25. The lowest BCUT2D eigenvalue weighted by Gasteiger charge is -2.12. The summed E-state index contributed by atoms with van der Waals surface area (Å²) in [6, 6.07) is 3.56. The lowest BCUT2D eigenvalue weighted by molar-refractivity contribution is -0.138. The summed E-state index contributed by atoms with van der Waals surface area (Å²) in [5.74, 6) is -1.20. The number of rotatable bonds is 4. The van der Waals surface area contributed by atoms with Gasteiger partial charge in [0.05, 0.1) is 5.56 Å². The highest BCUT2D eigenvalue weighted by Crippen LogP contribution is 2.36. The second kappa shape index (κ2) is 5.43. The minimum absolute atomic E-state index is 0.0717. The Balaban J connectivity index is 2.86. The smallest absolute Gasteiger partial charge is 0.417 e. The van der Waals surface area contributed by atoms with E-state index in [9.17, 15) is 18.0 Å². The molecule has 7 heteroatoms. The standard InChI is InChI=1S/C11H9BrF3NO2/c1-6(10(17)18)5-16-7-2-3-9(12)8(4-7)11(13,14)15/h2-4,16H,1,5H2,(H,17,18). The maximum atomic E-state index is 12.6. The van der Waals surface area contributed by atoms with Crippen molar-refractivity contribution in [1.29, 1.82) is 0 Å². The highest BCUT2D eigenvalue weighted by atomic mass is 79.9. The van der Waals surface area contributed by atoms with Crippen molar-refractivity contribution in [2.45, 2.75) is 6.18 Å². The zero-order valence-corrected chi connectivity index (χ0v) is 10.6. The Hall–Kier alpha value is -1.50. The summed E-state index contributed by atoms with van der Waals surface area (Å²) < 4.78 is 37.7. The molecule has 2 N–H and O–H groups in total. The van der Waals surface area contributed by atoms with E-state index in [4.69, 9.17) is 5.11 Å². The van der Waals surface area contributed by atoms with Gasteiger partial charge in [0.2, 0.25) is 0 Å². The largest absolute Gasteiger partial charge is 0.478 e. The molecule has 0 radical (unpaired) electrons. The van der Waals surface area contributed by atoms with Crippen LogP contribution in [0.2, 0.25) is 0 Å². The van der Waals surface area contributed by atoms with Gasteiger partial charge < -0.3 is 10.4 Å². The summed E-state index contributed by atoms with van der Waals surface area (Å²) in [4.78, 5) is 10.5. The monoisotopic (exact) mass is 323 g/mol. The Labute approximate surface area is 109 Å². The number of halogens is 4. The van der Waals surface area contributed by atoms with Crippen molar-refractivity contribution >= 4 is 27.6 Å². The number of hydrogen-bond acceptors (Lipinski definition) is 2. The second-order valence-corrected chi connectivity index (χ2v) is 4.31. The lowest BCUT2D eigenvalue weighted by Crippen LogP contribution is -2.12. The van der Waals surface area contributed by atoms with Gasteiger partial charge in [-0.1, -0.05) is 22.5 Å². The minimum atomic E-state index is -4.47. The topological polar surface area (TPSA) is 49.3 Å². The van der Waals surface area contributed by atoms with Gasteiger partial charge >= 0.3 is 12.1 Å². The third-order valence-electron chi connectivity index (χ3n) is 2.08. The Bertz CT molecular complexity index is 486. The molecule has 1 aromatic carbocycles. The fraction of sp³-hybridized carbons (Fsp3) is 0.182. The summed E-state index contributed by atoms with van der Waals surface area (Å²) >= 11 is 2.81. The van der Waals surface area contributed by atoms with E-state index in [2.05, 4.69) is 27.8 Å². The first-order valence-electron chi connectivity index (χ1n) is 4.73. The van der Waals surface area contributed by atoms with Gasteiger partial charge in [-0.3, -0.25) is 0 Å². The van der Waals surface area contributed by atoms with Crippen LogP contribution >= 0.6 is 15.9 Å². The SMILES string of the molecule is C=C(CNc1ccc(Br)c(C(F)(F)F)c1)C(=O)O. The quantitative estimate of drug-likeness (QED) is 0.833. The van der Waals surface area contributed by atoms with Crippen LogP contribution in [0.1, 0.15) is 5.56 Å². The molecule has 0 bridgehead atoms. The van der Waals surface area contributed by atoms with Crippen molar-refractivity contribution in [2.24, 2.45) is 0 Å². The van der Waals surface area contributed by atoms with Gasteiger partial charge in [-0.05, 0) is 18.2 Å². The molecule has 1 rings (SSSR count). The zero-order chi connectivity index (χ0) is 13.9. The molecule has 0 heterocycles. The summed E-state index contributed by atoms with van der Waals surface area (Å²) in [7, 11) is 0. The van der Waals surface area contributed by atoms with E-state index in [1.165, 1.54) is 12.1 Å². The number of aliphatic carboxylic acids is 1. The molecule has 18 heavy (non-hydrogen) atoms. The van der Waals surface area contributed by atoms with E-state index in [1.807, 2.05) is 0 Å². The van der Waals surface area contributed by atoms with Crippen LogP contribution in [0.4, 0.5) is 18.9 Å². The van der Waals surface area contributed by atoms with Crippen LogP contribution in [-0.4, -0.2) is 17.6 Å². The molecule has 3 nitrogen and oxygen atoms in total. The molecule has 0 saturated carbocycles. The van der Waals surface area contributed by atoms with E-state index in [0.717, 1.165) is 6.07 Å². The summed E-state index contributed by atoms with van der Waals surface area (Å²) in [5, 5.41) is 11.1. The van der Waals surface area contributed by atoms with Gasteiger partial charge in [0.1, 0.15) is 0 Å². The third kappa shape index (κ3) is 3.76. The first kappa shape index (κ1) is 14.6. The molecule has 0 aliphatic carbocycles. The van der Waals surface area contributed by atoms with E-state index in [1.54, 1.807) is 0 Å². The molecular formula is C11H9BrF3NO2. The van der Waals surface area contributed by atoms with Crippen LogP contribution in [0, 0.1) is 0 Å². The van der Waals surface area contributed by atoms with E-state index in [0.29, 0.717) is 0 Å². The van der Waals surface area contributed by atoms with Crippen molar-refractivity contribution in [2.75, 3.05) is 11.9 Å². The van der Waals surface area contributed by atoms with Crippen LogP contribution in [0.3, 0.4) is 0 Å². The molecule has 0 fully saturated rings. The second-order valence-electron chi connectivity index (χ2n) is 3.45. The van der Waals surface area contributed by atoms with E-state index in [-0.39, 0.29) is 22.3 Å². The van der Waals surface area contributed by atoms with Crippen LogP contribution in [0.25, 0.3) is 0 Å². The number of carboxylic acids is 1. The molecule has 0 amide bonds. The molecule has 0 aliphatic rings. The first-order valence-corrected chi connectivity index (χ1v) is 5.53. The number of carbonyl (C=O) groups is 1. The maximum Gasteiger partial charge on any atom is 0.417 e. The summed E-state index contributed by atoms with van der Waals surface area (Å²) in [5.41, 5.74) is -0.784. The normalized spacial score (nSPS) is 11.1. The van der Waals surface area contributed by atoms with Gasteiger partial charge in [-0.15, -0.1) is 0 Å². The van der Waals surface area contributed by atoms with Crippen molar-refractivity contribution in [3.8, 4) is 0 Å². The Morgan fingerprint density at radius 1 is 1.44 bits per heavy atom. The average molecular weight is 324 g/mol. The Kier molecular flexibility index (Phi) is 4.39. The lowest BCUT2D eigenvalue weighted by atomic mass is 10.2. The molecule has 0 aliphatic heterocycles. The highest BCUT2D eigenvalue weighted by molar-refractivity contribution is 9.10. The van der Waals surface area contributed by atoms with Crippen LogP contribution in [0.5, 0.6) is 0 Å². The molecule has 1 aromatic rings. The Morgan fingerprint density at radius 3 is 2.56 bits per heavy atom. The van der Waals surface area contributed by atoms with Gasteiger partial charge in [0.25, 0.3) is 0 Å². The van der Waals surface area contributed by atoms with Gasteiger partial charge in [-0.25, -0.2) is 4.79 Å². The van der Waals surface area contributed by atoms with E-state index >= 15 is 0 Å². The molecule has 0 saturated heterocycles. The van der Waals surface area contributed by atoms with Crippen molar-refractivity contribution in [1.82, 2.24) is 0 Å². The number of anilines is 1. The maximum absolute atomic E-state index is 12.6. The molecule has 98 valence electrons. The summed E-state index contributed by atoms with van der Waals surface area (Å²) in [6.45, 7) is 3.13. The van der Waals surface area contributed by atoms with Crippen LogP contribution in [-0.2, 0) is 11.0 Å². The molecule has 0 aromatic heterocycles. The molecule has 0 unspecified atom stereocenters. The fourth-order valence-corrected chi connectivity index (χ4v) is 1.61. The zero-order valence-electron chi connectivity index (χ0n) is 9.01. The number of benzene rings is 1. The van der Waals surface area contributed by atoms with Crippen molar-refractivity contribution in [3.63, 3.8) is 0 Å². The fourth-order valence-electron chi connectivity index (χ4n) is 1.14. The molecule has 0 spiro atoms. The van der Waals surface area contributed by atoms with Crippen LogP contribution < -0.4 is 5.32 Å². The van der Waals surface area contributed by atoms with Gasteiger partial charge in [0.15, 0.2) is 0 Å². The van der Waals surface area contributed by atoms with Crippen molar-refractivity contribution < 1.29 is 23.1 Å². The van der Waals surface area contributed by atoms with E-state index < -0.39 is 17.7 Å². The number of hydrogen-bond donors (Lipinski definition) is 2. The predicted octanol–water partition coefficient (Wildman–Crippen LogP) is 3.52. The number of nitrogens with one attached hydrogen (secondary N) is 1. The number of alkyl halides is 3.